The lowest BCUT2D eigenvalue weighted by Gasteiger charge is -2.32. The van der Waals surface area contributed by atoms with Crippen LogP contribution in [-0.2, 0) is 17.8 Å². The largest absolute Gasteiger partial charge is 0.494 e. The number of halogens is 1. The molecular weight excluding hydrogens is 409 g/mol. The molecule has 3 aromatic rings. The molecule has 1 aliphatic heterocycles. The molecule has 0 aliphatic carbocycles. The van der Waals surface area contributed by atoms with E-state index >= 15 is 0 Å². The highest BCUT2D eigenvalue weighted by atomic mass is 19.1. The van der Waals surface area contributed by atoms with Gasteiger partial charge in [0.25, 0.3) is 5.56 Å². The molecule has 2 aromatic carbocycles. The smallest absolute Gasteiger partial charge is 0.261 e. The zero-order valence-corrected chi connectivity index (χ0v) is 18.3. The second-order valence-corrected chi connectivity index (χ2v) is 8.28. The van der Waals surface area contributed by atoms with Gasteiger partial charge in [0.2, 0.25) is 5.91 Å². The third kappa shape index (κ3) is 5.15. The number of piperidine rings is 1. The summed E-state index contributed by atoms with van der Waals surface area (Å²) in [6.45, 7) is 3.95. The van der Waals surface area contributed by atoms with E-state index in [0.29, 0.717) is 31.1 Å². The number of fused-ring (bicyclic) bond motifs is 1. The molecule has 32 heavy (non-hydrogen) atoms. The van der Waals surface area contributed by atoms with Crippen molar-refractivity contribution < 1.29 is 13.9 Å². The monoisotopic (exact) mass is 437 g/mol. The first kappa shape index (κ1) is 22.0. The zero-order valence-electron chi connectivity index (χ0n) is 18.3. The van der Waals surface area contributed by atoms with E-state index in [-0.39, 0.29) is 17.8 Å². The van der Waals surface area contributed by atoms with Crippen LogP contribution in [0.1, 0.15) is 31.7 Å². The second kappa shape index (κ2) is 9.94. The van der Waals surface area contributed by atoms with Crippen molar-refractivity contribution in [2.45, 2.75) is 39.2 Å². The number of benzene rings is 2. The van der Waals surface area contributed by atoms with E-state index in [9.17, 15) is 14.0 Å². The van der Waals surface area contributed by atoms with Crippen LogP contribution in [0.25, 0.3) is 10.9 Å². The Balaban J connectivity index is 1.28. The zero-order chi connectivity index (χ0) is 22.5. The fourth-order valence-electron chi connectivity index (χ4n) is 4.25. The van der Waals surface area contributed by atoms with E-state index in [1.54, 1.807) is 0 Å². The fourth-order valence-corrected chi connectivity index (χ4v) is 4.25. The van der Waals surface area contributed by atoms with Gasteiger partial charge >= 0.3 is 0 Å². The number of hydrogen-bond donors (Lipinski definition) is 0. The molecule has 0 N–H and O–H groups in total. The molecule has 1 saturated heterocycles. The standard InChI is InChI=1S/C25H28FN3O3/c1-2-32-21-8-5-18(6-9-21)3-4-19-11-13-28(14-12-19)24(30)16-29-17-27-23-10-7-20(26)15-22(23)25(29)31/h5-10,15,17,19H,2-4,11-14,16H2,1H3. The van der Waals surface area contributed by atoms with Gasteiger partial charge in [-0.1, -0.05) is 12.1 Å². The first-order valence-corrected chi connectivity index (χ1v) is 11.2. The molecule has 2 heterocycles. The van der Waals surface area contributed by atoms with Gasteiger partial charge in [-0.3, -0.25) is 14.2 Å². The molecule has 168 valence electrons. The molecule has 0 radical (unpaired) electrons. The Morgan fingerprint density at radius 1 is 1.16 bits per heavy atom. The number of carbonyl (C=O) groups is 1. The van der Waals surface area contributed by atoms with Crippen LogP contribution in [-0.4, -0.2) is 40.1 Å². The summed E-state index contributed by atoms with van der Waals surface area (Å²) in [5, 5.41) is 0.188. The van der Waals surface area contributed by atoms with Gasteiger partial charge < -0.3 is 9.64 Å². The Labute approximate surface area is 186 Å². The quantitative estimate of drug-likeness (QED) is 0.564. The van der Waals surface area contributed by atoms with Crippen LogP contribution >= 0.6 is 0 Å². The molecule has 0 unspecified atom stereocenters. The summed E-state index contributed by atoms with van der Waals surface area (Å²) in [6, 6.07) is 12.2. The van der Waals surface area contributed by atoms with E-state index in [1.807, 2.05) is 24.0 Å². The fraction of sp³-hybridized carbons (Fsp3) is 0.400. The van der Waals surface area contributed by atoms with Crippen molar-refractivity contribution >= 4 is 16.8 Å². The van der Waals surface area contributed by atoms with Gasteiger partial charge in [0.05, 0.1) is 23.8 Å². The molecule has 1 aliphatic rings. The van der Waals surface area contributed by atoms with Crippen LogP contribution in [0.3, 0.4) is 0 Å². The van der Waals surface area contributed by atoms with Gasteiger partial charge in [-0.2, -0.15) is 0 Å². The predicted octanol–water partition coefficient (Wildman–Crippen LogP) is 3.81. The van der Waals surface area contributed by atoms with Crippen molar-refractivity contribution in [1.29, 1.82) is 0 Å². The molecule has 0 atom stereocenters. The summed E-state index contributed by atoms with van der Waals surface area (Å²) in [5.74, 6) is 0.884. The van der Waals surface area contributed by atoms with Crippen LogP contribution in [0, 0.1) is 11.7 Å². The number of likely N-dealkylation sites (tertiary alicyclic amines) is 1. The molecular formula is C25H28FN3O3. The summed E-state index contributed by atoms with van der Waals surface area (Å²) < 4.78 is 20.3. The molecule has 1 fully saturated rings. The summed E-state index contributed by atoms with van der Waals surface area (Å²) in [4.78, 5) is 31.3. The summed E-state index contributed by atoms with van der Waals surface area (Å²) in [6.07, 6.45) is 5.39. The SMILES string of the molecule is CCOc1ccc(CCC2CCN(C(=O)Cn3cnc4ccc(F)cc4c3=O)CC2)cc1. The van der Waals surface area contributed by atoms with E-state index in [0.717, 1.165) is 31.4 Å². The Kier molecular flexibility index (Phi) is 6.83. The number of aromatic nitrogens is 2. The van der Waals surface area contributed by atoms with Crippen LogP contribution in [0.4, 0.5) is 4.39 Å². The normalized spacial score (nSPS) is 14.6. The first-order chi connectivity index (χ1) is 15.5. The molecule has 0 spiro atoms. The van der Waals surface area contributed by atoms with Crippen molar-refractivity contribution in [3.8, 4) is 5.75 Å². The number of aryl methyl sites for hydroxylation is 1. The second-order valence-electron chi connectivity index (χ2n) is 8.28. The van der Waals surface area contributed by atoms with Gasteiger partial charge in [0, 0.05) is 13.1 Å². The summed E-state index contributed by atoms with van der Waals surface area (Å²) >= 11 is 0. The van der Waals surface area contributed by atoms with Crippen LogP contribution in [0.5, 0.6) is 5.75 Å². The maximum Gasteiger partial charge on any atom is 0.261 e. The molecule has 7 heteroatoms. The number of nitrogens with zero attached hydrogens (tertiary/aromatic N) is 3. The molecule has 1 amide bonds. The van der Waals surface area contributed by atoms with Gasteiger partial charge in [-0.25, -0.2) is 9.37 Å². The maximum atomic E-state index is 13.5. The minimum absolute atomic E-state index is 0.0743. The minimum atomic E-state index is -0.493. The number of hydrogen-bond acceptors (Lipinski definition) is 4. The van der Waals surface area contributed by atoms with Crippen LogP contribution in [0.2, 0.25) is 0 Å². The van der Waals surface area contributed by atoms with E-state index in [4.69, 9.17) is 4.74 Å². The Morgan fingerprint density at radius 2 is 1.91 bits per heavy atom. The topological polar surface area (TPSA) is 64.4 Å². The number of carbonyl (C=O) groups excluding carboxylic acids is 1. The third-order valence-electron chi connectivity index (χ3n) is 6.13. The van der Waals surface area contributed by atoms with Gasteiger partial charge in [-0.05, 0) is 74.4 Å². The van der Waals surface area contributed by atoms with Crippen molar-refractivity contribution in [2.24, 2.45) is 5.92 Å². The lowest BCUT2D eigenvalue weighted by Crippen LogP contribution is -2.41. The molecule has 1 aromatic heterocycles. The number of rotatable bonds is 7. The highest BCUT2D eigenvalue weighted by Gasteiger charge is 2.23. The molecule has 4 rings (SSSR count). The van der Waals surface area contributed by atoms with Crippen LogP contribution < -0.4 is 10.3 Å². The summed E-state index contributed by atoms with van der Waals surface area (Å²) in [7, 11) is 0. The lowest BCUT2D eigenvalue weighted by molar-refractivity contribution is -0.133. The number of amides is 1. The minimum Gasteiger partial charge on any atom is -0.494 e. The van der Waals surface area contributed by atoms with Gasteiger partial charge in [0.1, 0.15) is 18.1 Å². The molecule has 6 nitrogen and oxygen atoms in total. The van der Waals surface area contributed by atoms with Gasteiger partial charge in [0.15, 0.2) is 0 Å². The average molecular weight is 438 g/mol. The lowest BCUT2D eigenvalue weighted by atomic mass is 9.90. The number of ether oxygens (including phenoxy) is 1. The predicted molar refractivity (Wildman–Crippen MR) is 121 cm³/mol. The Hall–Kier alpha value is -3.22. The molecule has 0 bridgehead atoms. The highest BCUT2D eigenvalue weighted by Crippen LogP contribution is 2.23. The van der Waals surface area contributed by atoms with Crippen molar-refractivity contribution in [3.63, 3.8) is 0 Å². The Bertz CT molecular complexity index is 1140. The van der Waals surface area contributed by atoms with Crippen molar-refractivity contribution in [2.75, 3.05) is 19.7 Å². The molecule has 0 saturated carbocycles. The average Bonchev–Trinajstić information content (AvgIpc) is 2.81. The van der Waals surface area contributed by atoms with E-state index in [1.165, 1.54) is 34.7 Å². The van der Waals surface area contributed by atoms with Crippen molar-refractivity contribution in [1.82, 2.24) is 14.5 Å². The summed E-state index contributed by atoms with van der Waals surface area (Å²) in [5.41, 5.74) is 1.33. The van der Waals surface area contributed by atoms with Crippen LogP contribution in [0.15, 0.2) is 53.6 Å². The van der Waals surface area contributed by atoms with Gasteiger partial charge in [-0.15, -0.1) is 0 Å². The third-order valence-corrected chi connectivity index (χ3v) is 6.13. The van der Waals surface area contributed by atoms with E-state index < -0.39 is 11.4 Å². The highest BCUT2D eigenvalue weighted by molar-refractivity contribution is 5.79. The Morgan fingerprint density at radius 3 is 2.62 bits per heavy atom. The first-order valence-electron chi connectivity index (χ1n) is 11.2. The van der Waals surface area contributed by atoms with E-state index in [2.05, 4.69) is 17.1 Å². The van der Waals surface area contributed by atoms with Crippen molar-refractivity contribution in [3.05, 3.63) is 70.5 Å². The maximum absolute atomic E-state index is 13.5.